The Morgan fingerprint density at radius 1 is 1.12 bits per heavy atom. The van der Waals surface area contributed by atoms with Crippen LogP contribution < -0.4 is 9.62 Å². The van der Waals surface area contributed by atoms with Gasteiger partial charge in [-0.25, -0.2) is 4.98 Å². The molecule has 1 aromatic heterocycles. The molecule has 1 N–H and O–H groups in total. The van der Waals surface area contributed by atoms with Crippen LogP contribution in [0.4, 0.5) is 11.5 Å². The van der Waals surface area contributed by atoms with Crippen molar-refractivity contribution in [1.29, 1.82) is 0 Å². The number of carbonyl (C=O) groups is 1. The SMILES string of the molecule is CCc1cccc(NS(=O)(=O)N2CCN(c3ccc(C)cc3)C(=O)C2)n1. The van der Waals surface area contributed by atoms with Crippen molar-refractivity contribution >= 4 is 27.6 Å². The van der Waals surface area contributed by atoms with Crippen LogP contribution >= 0.6 is 0 Å². The molecule has 2 aromatic rings. The van der Waals surface area contributed by atoms with Crippen molar-refractivity contribution in [1.82, 2.24) is 9.29 Å². The minimum atomic E-state index is -3.83. The molecule has 0 radical (unpaired) electrons. The van der Waals surface area contributed by atoms with E-state index in [0.717, 1.165) is 21.2 Å². The Morgan fingerprint density at radius 3 is 2.50 bits per heavy atom. The molecule has 1 fully saturated rings. The first-order valence-corrected chi connectivity index (χ1v) is 9.94. The summed E-state index contributed by atoms with van der Waals surface area (Å²) in [5.74, 6) is 0.0125. The summed E-state index contributed by atoms with van der Waals surface area (Å²) in [7, 11) is -3.83. The summed E-state index contributed by atoms with van der Waals surface area (Å²) in [6, 6.07) is 12.8. The topological polar surface area (TPSA) is 82.6 Å². The third kappa shape index (κ3) is 4.03. The molecule has 26 heavy (non-hydrogen) atoms. The minimum absolute atomic E-state index is 0.198. The number of nitrogens with one attached hydrogen (secondary N) is 1. The van der Waals surface area contributed by atoms with E-state index in [0.29, 0.717) is 13.0 Å². The van der Waals surface area contributed by atoms with E-state index in [1.165, 1.54) is 0 Å². The van der Waals surface area contributed by atoms with E-state index in [1.54, 1.807) is 17.0 Å². The van der Waals surface area contributed by atoms with Gasteiger partial charge in [-0.3, -0.25) is 9.52 Å². The Morgan fingerprint density at radius 2 is 1.85 bits per heavy atom. The van der Waals surface area contributed by atoms with Gasteiger partial charge in [0.2, 0.25) is 5.91 Å². The molecule has 1 saturated heterocycles. The lowest BCUT2D eigenvalue weighted by Crippen LogP contribution is -2.53. The lowest BCUT2D eigenvalue weighted by Gasteiger charge is -2.33. The van der Waals surface area contributed by atoms with E-state index in [-0.39, 0.29) is 24.8 Å². The summed E-state index contributed by atoms with van der Waals surface area (Å²) in [6.07, 6.45) is 0.712. The van der Waals surface area contributed by atoms with Gasteiger partial charge in [0, 0.05) is 24.5 Å². The molecular weight excluding hydrogens is 352 g/mol. The van der Waals surface area contributed by atoms with Gasteiger partial charge in [0.05, 0.1) is 6.54 Å². The van der Waals surface area contributed by atoms with Crippen LogP contribution in [0.15, 0.2) is 42.5 Å². The van der Waals surface area contributed by atoms with Gasteiger partial charge in [-0.1, -0.05) is 30.7 Å². The number of hydrogen-bond acceptors (Lipinski definition) is 4. The quantitative estimate of drug-likeness (QED) is 0.867. The second kappa shape index (κ2) is 7.43. The lowest BCUT2D eigenvalue weighted by molar-refractivity contribution is -0.119. The van der Waals surface area contributed by atoms with Crippen LogP contribution in [0.3, 0.4) is 0 Å². The van der Waals surface area contributed by atoms with Crippen molar-refractivity contribution in [2.45, 2.75) is 20.3 Å². The highest BCUT2D eigenvalue weighted by atomic mass is 32.2. The third-order valence-corrected chi connectivity index (χ3v) is 5.73. The molecule has 138 valence electrons. The lowest BCUT2D eigenvalue weighted by atomic mass is 10.2. The minimum Gasteiger partial charge on any atom is -0.310 e. The van der Waals surface area contributed by atoms with Gasteiger partial charge in [0.15, 0.2) is 0 Å². The first-order valence-electron chi connectivity index (χ1n) is 8.50. The fraction of sp³-hybridized carbons (Fsp3) is 0.333. The number of nitrogens with zero attached hydrogens (tertiary/aromatic N) is 3. The number of benzene rings is 1. The highest BCUT2D eigenvalue weighted by Crippen LogP contribution is 2.20. The molecule has 3 rings (SSSR count). The zero-order chi connectivity index (χ0) is 18.7. The maximum Gasteiger partial charge on any atom is 0.303 e. The molecule has 0 saturated carbocycles. The van der Waals surface area contributed by atoms with Crippen LogP contribution in [0.2, 0.25) is 0 Å². The van der Waals surface area contributed by atoms with Gasteiger partial charge >= 0.3 is 10.2 Å². The van der Waals surface area contributed by atoms with Crippen molar-refractivity contribution in [3.8, 4) is 0 Å². The van der Waals surface area contributed by atoms with Crippen molar-refractivity contribution in [2.24, 2.45) is 0 Å². The normalized spacial score (nSPS) is 15.9. The van der Waals surface area contributed by atoms with E-state index in [9.17, 15) is 13.2 Å². The van der Waals surface area contributed by atoms with E-state index in [4.69, 9.17) is 0 Å². The molecule has 0 spiro atoms. The second-order valence-corrected chi connectivity index (χ2v) is 7.86. The number of piperazine rings is 1. The van der Waals surface area contributed by atoms with E-state index in [2.05, 4.69) is 9.71 Å². The smallest absolute Gasteiger partial charge is 0.303 e. The first-order chi connectivity index (χ1) is 12.4. The Balaban J connectivity index is 1.70. The molecule has 0 bridgehead atoms. The molecule has 1 amide bonds. The Bertz CT molecular complexity index is 897. The van der Waals surface area contributed by atoms with Crippen LogP contribution in [0, 0.1) is 6.92 Å². The first kappa shape index (κ1) is 18.3. The number of anilines is 2. The highest BCUT2D eigenvalue weighted by molar-refractivity contribution is 7.90. The molecule has 7 nitrogen and oxygen atoms in total. The van der Waals surface area contributed by atoms with Gasteiger partial charge in [0.1, 0.15) is 5.82 Å². The van der Waals surface area contributed by atoms with Crippen LogP contribution in [-0.4, -0.2) is 43.2 Å². The molecule has 0 aliphatic carbocycles. The number of pyridine rings is 1. The fourth-order valence-corrected chi connectivity index (χ4v) is 3.89. The van der Waals surface area contributed by atoms with Gasteiger partial charge < -0.3 is 4.90 Å². The van der Waals surface area contributed by atoms with Crippen LogP contribution in [-0.2, 0) is 21.4 Å². The monoisotopic (exact) mass is 374 g/mol. The average molecular weight is 374 g/mol. The number of aromatic nitrogens is 1. The molecule has 1 aliphatic heterocycles. The predicted octanol–water partition coefficient (Wildman–Crippen LogP) is 1.96. The number of aryl methyl sites for hydroxylation is 2. The summed E-state index contributed by atoms with van der Waals surface area (Å²) < 4.78 is 28.8. The van der Waals surface area contributed by atoms with E-state index >= 15 is 0 Å². The summed E-state index contributed by atoms with van der Waals surface area (Å²) in [6.45, 7) is 4.26. The van der Waals surface area contributed by atoms with E-state index in [1.807, 2.05) is 44.2 Å². The Kier molecular flexibility index (Phi) is 5.24. The largest absolute Gasteiger partial charge is 0.310 e. The average Bonchev–Trinajstić information content (AvgIpc) is 2.62. The van der Waals surface area contributed by atoms with Gasteiger partial charge in [0.25, 0.3) is 0 Å². The number of carbonyl (C=O) groups excluding carboxylic acids is 1. The number of rotatable bonds is 5. The summed E-state index contributed by atoms with van der Waals surface area (Å²) in [5, 5.41) is 0. The number of amides is 1. The summed E-state index contributed by atoms with van der Waals surface area (Å²) >= 11 is 0. The maximum absolute atomic E-state index is 12.6. The fourth-order valence-electron chi connectivity index (χ4n) is 2.78. The van der Waals surface area contributed by atoms with Crippen molar-refractivity contribution in [2.75, 3.05) is 29.3 Å². The predicted molar refractivity (Wildman–Crippen MR) is 101 cm³/mol. The zero-order valence-corrected chi connectivity index (χ0v) is 15.7. The molecule has 8 heteroatoms. The Labute approximate surface area is 153 Å². The Hall–Kier alpha value is -2.45. The van der Waals surface area contributed by atoms with Crippen molar-refractivity contribution in [3.63, 3.8) is 0 Å². The van der Waals surface area contributed by atoms with Crippen LogP contribution in [0.25, 0.3) is 0 Å². The van der Waals surface area contributed by atoms with Crippen molar-refractivity contribution in [3.05, 3.63) is 53.7 Å². The highest BCUT2D eigenvalue weighted by Gasteiger charge is 2.32. The number of hydrogen-bond donors (Lipinski definition) is 1. The van der Waals surface area contributed by atoms with Gasteiger partial charge in [-0.2, -0.15) is 12.7 Å². The van der Waals surface area contributed by atoms with Crippen molar-refractivity contribution < 1.29 is 13.2 Å². The molecular formula is C18H22N4O3S. The standard InChI is InChI=1S/C18H22N4O3S/c1-3-15-5-4-6-17(19-15)20-26(24,25)21-11-12-22(18(23)13-21)16-9-7-14(2)8-10-16/h4-10H,3,11-13H2,1-2H3,(H,19,20). The maximum atomic E-state index is 12.6. The van der Waals surface area contributed by atoms with Crippen LogP contribution in [0.1, 0.15) is 18.2 Å². The van der Waals surface area contributed by atoms with Gasteiger partial charge in [-0.15, -0.1) is 0 Å². The van der Waals surface area contributed by atoms with Gasteiger partial charge in [-0.05, 0) is 37.6 Å². The summed E-state index contributed by atoms with van der Waals surface area (Å²) in [4.78, 5) is 18.3. The second-order valence-electron chi connectivity index (χ2n) is 6.19. The van der Waals surface area contributed by atoms with E-state index < -0.39 is 10.2 Å². The molecule has 0 atom stereocenters. The molecule has 1 aliphatic rings. The molecule has 1 aromatic carbocycles. The third-order valence-electron chi connectivity index (χ3n) is 4.27. The molecule has 2 heterocycles. The molecule has 0 unspecified atom stereocenters. The zero-order valence-electron chi connectivity index (χ0n) is 14.8. The summed E-state index contributed by atoms with van der Waals surface area (Å²) in [5.41, 5.74) is 2.68. The van der Waals surface area contributed by atoms with Crippen LogP contribution in [0.5, 0.6) is 0 Å².